The third kappa shape index (κ3) is 4.14. The van der Waals surface area contributed by atoms with Gasteiger partial charge in [0.1, 0.15) is 11.6 Å². The molecular weight excluding hydrogens is 399 g/mol. The Balaban J connectivity index is 2.05. The molecule has 3 aromatic rings. The molecule has 0 spiro atoms. The van der Waals surface area contributed by atoms with Gasteiger partial charge < -0.3 is 20.9 Å². The minimum absolute atomic E-state index is 0.191. The average molecular weight is 419 g/mol. The predicted octanol–water partition coefficient (Wildman–Crippen LogP) is 4.10. The van der Waals surface area contributed by atoms with Crippen LogP contribution in [0.15, 0.2) is 36.4 Å². The second-order valence-corrected chi connectivity index (χ2v) is 6.89. The van der Waals surface area contributed by atoms with Gasteiger partial charge in [-0.2, -0.15) is 0 Å². The fourth-order valence-electron chi connectivity index (χ4n) is 2.91. The maximum atomic E-state index is 6.37. The first-order valence-corrected chi connectivity index (χ1v) is 9.24. The number of methoxy groups -OCH3 is 2. The van der Waals surface area contributed by atoms with E-state index in [2.05, 4.69) is 9.97 Å². The van der Waals surface area contributed by atoms with E-state index in [-0.39, 0.29) is 6.54 Å². The summed E-state index contributed by atoms with van der Waals surface area (Å²) in [4.78, 5) is 9.10. The van der Waals surface area contributed by atoms with Gasteiger partial charge in [-0.05, 0) is 35.9 Å². The molecule has 8 heteroatoms. The SMILES string of the molecule is COc1ccc(Cc2nc(N)c(CN)c(-c3ccc(Cl)cc3Cl)n2)cc1OC. The van der Waals surface area contributed by atoms with Gasteiger partial charge >= 0.3 is 0 Å². The number of aromatic nitrogens is 2. The molecule has 28 heavy (non-hydrogen) atoms. The third-order valence-electron chi connectivity index (χ3n) is 4.29. The highest BCUT2D eigenvalue weighted by atomic mass is 35.5. The quantitative estimate of drug-likeness (QED) is 0.625. The number of halogens is 2. The third-order valence-corrected chi connectivity index (χ3v) is 4.83. The number of ether oxygens (including phenoxy) is 2. The molecule has 0 fully saturated rings. The Kier molecular flexibility index (Phi) is 6.24. The van der Waals surface area contributed by atoms with Crippen LogP contribution in [0.2, 0.25) is 10.0 Å². The molecule has 0 amide bonds. The monoisotopic (exact) mass is 418 g/mol. The van der Waals surface area contributed by atoms with Gasteiger partial charge in [-0.3, -0.25) is 0 Å². The summed E-state index contributed by atoms with van der Waals surface area (Å²) >= 11 is 12.4. The Labute approximate surface area is 173 Å². The summed E-state index contributed by atoms with van der Waals surface area (Å²) in [5, 5.41) is 1.01. The minimum Gasteiger partial charge on any atom is -0.493 e. The van der Waals surface area contributed by atoms with E-state index in [9.17, 15) is 0 Å². The normalized spacial score (nSPS) is 10.8. The second-order valence-electron chi connectivity index (χ2n) is 6.05. The Hall–Kier alpha value is -2.54. The lowest BCUT2D eigenvalue weighted by molar-refractivity contribution is 0.354. The highest BCUT2D eigenvalue weighted by Crippen LogP contribution is 2.33. The van der Waals surface area contributed by atoms with E-state index in [1.807, 2.05) is 18.2 Å². The molecule has 3 rings (SSSR count). The summed E-state index contributed by atoms with van der Waals surface area (Å²) in [6.07, 6.45) is 0.452. The van der Waals surface area contributed by atoms with Gasteiger partial charge in [-0.25, -0.2) is 9.97 Å². The predicted molar refractivity (Wildman–Crippen MR) is 112 cm³/mol. The Morgan fingerprint density at radius 2 is 1.71 bits per heavy atom. The molecule has 0 radical (unpaired) electrons. The van der Waals surface area contributed by atoms with Crippen LogP contribution < -0.4 is 20.9 Å². The number of rotatable bonds is 6. The van der Waals surface area contributed by atoms with Crippen LogP contribution in [0.5, 0.6) is 11.5 Å². The molecule has 0 saturated heterocycles. The van der Waals surface area contributed by atoms with Crippen LogP contribution in [-0.4, -0.2) is 24.2 Å². The maximum absolute atomic E-state index is 6.37. The highest BCUT2D eigenvalue weighted by Gasteiger charge is 2.16. The molecule has 4 N–H and O–H groups in total. The summed E-state index contributed by atoms with van der Waals surface area (Å²) in [7, 11) is 3.18. The lowest BCUT2D eigenvalue weighted by Gasteiger charge is -2.14. The van der Waals surface area contributed by atoms with Crippen LogP contribution >= 0.6 is 23.2 Å². The molecule has 0 bridgehead atoms. The number of nitrogens with zero attached hydrogens (tertiary/aromatic N) is 2. The summed E-state index contributed by atoms with van der Waals surface area (Å²) < 4.78 is 10.6. The summed E-state index contributed by atoms with van der Waals surface area (Å²) in [6, 6.07) is 10.8. The Morgan fingerprint density at radius 3 is 2.36 bits per heavy atom. The van der Waals surface area contributed by atoms with Crippen molar-refractivity contribution >= 4 is 29.0 Å². The fraction of sp³-hybridized carbons (Fsp3) is 0.200. The lowest BCUT2D eigenvalue weighted by atomic mass is 10.0. The first-order chi connectivity index (χ1) is 13.5. The van der Waals surface area contributed by atoms with E-state index in [4.69, 9.17) is 44.1 Å². The zero-order valence-electron chi connectivity index (χ0n) is 15.5. The van der Waals surface area contributed by atoms with Crippen LogP contribution in [0.4, 0.5) is 5.82 Å². The standard InChI is InChI=1S/C20H20Cl2N4O2/c1-27-16-6-3-11(7-17(16)28-2)8-18-25-19(14(10-23)20(24)26-18)13-5-4-12(21)9-15(13)22/h3-7,9H,8,10,23H2,1-2H3,(H2,24,25,26). The van der Waals surface area contributed by atoms with Gasteiger partial charge in [0.2, 0.25) is 0 Å². The fourth-order valence-corrected chi connectivity index (χ4v) is 3.41. The molecule has 0 atom stereocenters. The topological polar surface area (TPSA) is 96.3 Å². The number of anilines is 1. The maximum Gasteiger partial charge on any atom is 0.161 e. The van der Waals surface area contributed by atoms with Crippen molar-refractivity contribution in [1.82, 2.24) is 9.97 Å². The molecule has 0 aliphatic heterocycles. The molecule has 0 aliphatic carbocycles. The van der Waals surface area contributed by atoms with Crippen molar-refractivity contribution in [3.63, 3.8) is 0 Å². The average Bonchev–Trinajstić information content (AvgIpc) is 2.67. The smallest absolute Gasteiger partial charge is 0.161 e. The van der Waals surface area contributed by atoms with E-state index in [0.717, 1.165) is 5.56 Å². The number of nitrogens with two attached hydrogens (primary N) is 2. The second kappa shape index (κ2) is 8.65. The first-order valence-electron chi connectivity index (χ1n) is 8.48. The Bertz CT molecular complexity index is 1010. The van der Waals surface area contributed by atoms with E-state index < -0.39 is 0 Å². The molecule has 1 aromatic heterocycles. The molecular formula is C20H20Cl2N4O2. The van der Waals surface area contributed by atoms with E-state index >= 15 is 0 Å². The van der Waals surface area contributed by atoms with E-state index in [1.165, 1.54) is 0 Å². The number of nitrogen functional groups attached to an aromatic ring is 1. The summed E-state index contributed by atoms with van der Waals surface area (Å²) in [5.74, 6) is 2.16. The molecule has 146 valence electrons. The van der Waals surface area contributed by atoms with Crippen molar-refractivity contribution in [3.8, 4) is 22.8 Å². The molecule has 2 aromatic carbocycles. The van der Waals surface area contributed by atoms with Crippen LogP contribution in [0.3, 0.4) is 0 Å². The van der Waals surface area contributed by atoms with Crippen molar-refractivity contribution in [3.05, 3.63) is 63.4 Å². The molecule has 6 nitrogen and oxygen atoms in total. The summed E-state index contributed by atoms with van der Waals surface area (Å²) in [5.41, 5.74) is 14.9. The van der Waals surface area contributed by atoms with Crippen molar-refractivity contribution in [2.45, 2.75) is 13.0 Å². The van der Waals surface area contributed by atoms with Crippen molar-refractivity contribution in [2.75, 3.05) is 20.0 Å². The van der Waals surface area contributed by atoms with E-state index in [0.29, 0.717) is 56.4 Å². The van der Waals surface area contributed by atoms with Crippen molar-refractivity contribution in [2.24, 2.45) is 5.73 Å². The van der Waals surface area contributed by atoms with Gasteiger partial charge in [0.05, 0.1) is 24.9 Å². The number of benzene rings is 2. The van der Waals surface area contributed by atoms with Gasteiger partial charge in [0.25, 0.3) is 0 Å². The zero-order valence-corrected chi connectivity index (χ0v) is 17.0. The minimum atomic E-state index is 0.191. The van der Waals surface area contributed by atoms with Gasteiger partial charge in [-0.15, -0.1) is 0 Å². The first kappa shape index (κ1) is 20.2. The molecule has 1 heterocycles. The van der Waals surface area contributed by atoms with Crippen LogP contribution in [0, 0.1) is 0 Å². The van der Waals surface area contributed by atoms with Gasteiger partial charge in [0.15, 0.2) is 11.5 Å². The number of hydrogen-bond acceptors (Lipinski definition) is 6. The molecule has 0 aliphatic rings. The van der Waals surface area contributed by atoms with Crippen LogP contribution in [-0.2, 0) is 13.0 Å². The van der Waals surface area contributed by atoms with Crippen LogP contribution in [0.1, 0.15) is 17.0 Å². The highest BCUT2D eigenvalue weighted by molar-refractivity contribution is 6.36. The van der Waals surface area contributed by atoms with Gasteiger partial charge in [-0.1, -0.05) is 29.3 Å². The summed E-state index contributed by atoms with van der Waals surface area (Å²) in [6.45, 7) is 0.191. The van der Waals surface area contributed by atoms with E-state index in [1.54, 1.807) is 32.4 Å². The largest absolute Gasteiger partial charge is 0.493 e. The van der Waals surface area contributed by atoms with Gasteiger partial charge in [0, 0.05) is 29.1 Å². The zero-order chi connectivity index (χ0) is 20.3. The van der Waals surface area contributed by atoms with Crippen molar-refractivity contribution < 1.29 is 9.47 Å². The number of hydrogen-bond donors (Lipinski definition) is 2. The Morgan fingerprint density at radius 1 is 0.964 bits per heavy atom. The molecule has 0 unspecified atom stereocenters. The lowest BCUT2D eigenvalue weighted by Crippen LogP contribution is -2.11. The molecule has 0 saturated carbocycles. The van der Waals surface area contributed by atoms with Crippen LogP contribution in [0.25, 0.3) is 11.3 Å². The van der Waals surface area contributed by atoms with Crippen molar-refractivity contribution in [1.29, 1.82) is 0 Å².